The molecule has 1 aromatic heterocycles. The lowest BCUT2D eigenvalue weighted by molar-refractivity contribution is -0.274. The Bertz CT molecular complexity index is 1690. The van der Waals surface area contributed by atoms with Gasteiger partial charge < -0.3 is 29.0 Å². The number of amides is 1. The van der Waals surface area contributed by atoms with Gasteiger partial charge in [0, 0.05) is 30.9 Å². The summed E-state index contributed by atoms with van der Waals surface area (Å²) in [5.41, 5.74) is -2.39. The van der Waals surface area contributed by atoms with E-state index in [-0.39, 0.29) is 54.6 Å². The summed E-state index contributed by atoms with van der Waals surface area (Å²) in [6.07, 6.45) is -8.60. The van der Waals surface area contributed by atoms with E-state index in [0.29, 0.717) is 10.8 Å². The Kier molecular flexibility index (Phi) is 10.3. The molecule has 1 aliphatic heterocycles. The molecule has 1 amide bonds. The zero-order valence-corrected chi connectivity index (χ0v) is 25.0. The van der Waals surface area contributed by atoms with Gasteiger partial charge in [-0.25, -0.2) is 4.39 Å². The van der Waals surface area contributed by atoms with Crippen LogP contribution in [0.15, 0.2) is 35.3 Å². The third kappa shape index (κ3) is 7.95. The van der Waals surface area contributed by atoms with E-state index in [1.807, 2.05) is 0 Å². The first-order valence-electron chi connectivity index (χ1n) is 13.8. The summed E-state index contributed by atoms with van der Waals surface area (Å²) >= 11 is 5.99. The number of pyridine rings is 1. The van der Waals surface area contributed by atoms with Gasteiger partial charge in [0.1, 0.15) is 23.5 Å². The Morgan fingerprint density at radius 1 is 1.09 bits per heavy atom. The smallest absolute Gasteiger partial charge is 0.492 e. The minimum Gasteiger partial charge on any atom is -0.492 e. The van der Waals surface area contributed by atoms with Crippen molar-refractivity contribution in [1.82, 2.24) is 9.88 Å². The van der Waals surface area contributed by atoms with Crippen LogP contribution >= 0.6 is 11.6 Å². The lowest BCUT2D eigenvalue weighted by atomic mass is 9.96. The number of piperidine rings is 1. The summed E-state index contributed by atoms with van der Waals surface area (Å²) in [7, 11) is 1.10. The third-order valence-electron chi connectivity index (χ3n) is 7.17. The van der Waals surface area contributed by atoms with Crippen molar-refractivity contribution in [3.8, 4) is 11.5 Å². The number of aromatic nitrogens is 1. The lowest BCUT2D eigenvalue weighted by Crippen LogP contribution is -2.38. The summed E-state index contributed by atoms with van der Waals surface area (Å²) in [4.78, 5) is 40.1. The molecule has 4 rings (SSSR count). The number of alkyl halides is 6. The van der Waals surface area contributed by atoms with Crippen LogP contribution in [-0.2, 0) is 22.6 Å². The number of hydrogen-bond acceptors (Lipinski definition) is 7. The second kappa shape index (κ2) is 13.6. The fraction of sp³-hybridized carbons (Fsp3) is 0.414. The summed E-state index contributed by atoms with van der Waals surface area (Å²) in [5, 5.41) is 1.49. The van der Waals surface area contributed by atoms with Crippen molar-refractivity contribution in [2.75, 3.05) is 31.7 Å². The van der Waals surface area contributed by atoms with Crippen LogP contribution in [0.4, 0.5) is 36.4 Å². The van der Waals surface area contributed by atoms with E-state index in [0.717, 1.165) is 31.4 Å². The highest BCUT2D eigenvalue weighted by atomic mass is 35.5. The van der Waals surface area contributed by atoms with Gasteiger partial charge >= 0.3 is 18.5 Å². The molecule has 46 heavy (non-hydrogen) atoms. The molecule has 1 saturated heterocycles. The molecular formula is C29H27ClF7N3O6. The second-order valence-corrected chi connectivity index (χ2v) is 10.7. The predicted octanol–water partition coefficient (Wildman–Crippen LogP) is 5.97. The van der Waals surface area contributed by atoms with Crippen molar-refractivity contribution in [2.24, 2.45) is 5.92 Å². The van der Waals surface area contributed by atoms with Gasteiger partial charge in [-0.3, -0.25) is 14.4 Å². The van der Waals surface area contributed by atoms with E-state index in [4.69, 9.17) is 21.1 Å². The number of benzene rings is 2. The Labute approximate surface area is 261 Å². The van der Waals surface area contributed by atoms with Crippen molar-refractivity contribution < 1.29 is 54.5 Å². The van der Waals surface area contributed by atoms with Crippen molar-refractivity contribution in [2.45, 2.75) is 45.4 Å². The average Bonchev–Trinajstić information content (AvgIpc) is 2.96. The molecule has 3 aromatic rings. The number of nitrogens with zero attached hydrogens (tertiary/aromatic N) is 2. The highest BCUT2D eigenvalue weighted by Gasteiger charge is 2.34. The quantitative estimate of drug-likeness (QED) is 0.220. The third-order valence-corrected chi connectivity index (χ3v) is 7.52. The molecule has 0 atom stereocenters. The molecule has 17 heteroatoms. The summed E-state index contributed by atoms with van der Waals surface area (Å²) in [5.74, 6) is -4.01. The predicted molar refractivity (Wildman–Crippen MR) is 152 cm³/mol. The molecule has 0 unspecified atom stereocenters. The molecule has 1 N–H and O–H groups in total. The van der Waals surface area contributed by atoms with Crippen LogP contribution in [0.25, 0.3) is 10.9 Å². The van der Waals surface area contributed by atoms with Gasteiger partial charge in [0.25, 0.3) is 5.91 Å². The van der Waals surface area contributed by atoms with Crippen LogP contribution < -0.4 is 25.1 Å². The molecule has 0 saturated carbocycles. The van der Waals surface area contributed by atoms with Crippen molar-refractivity contribution in [3.05, 3.63) is 62.7 Å². The maximum atomic E-state index is 15.7. The van der Waals surface area contributed by atoms with Crippen LogP contribution in [0.3, 0.4) is 0 Å². The first-order valence-corrected chi connectivity index (χ1v) is 14.1. The molecule has 0 spiro atoms. The molecular weight excluding hydrogens is 655 g/mol. The van der Waals surface area contributed by atoms with Gasteiger partial charge in [0.05, 0.1) is 30.5 Å². The Morgan fingerprint density at radius 2 is 1.76 bits per heavy atom. The van der Waals surface area contributed by atoms with Gasteiger partial charge in [0.15, 0.2) is 11.6 Å². The standard InChI is InChI=1S/C29H27ClF7N3O6/c1-3-45-27(43)15-6-8-39(9-7-15)23-21(31)11-18-22(25(23)44-2)40(14-28(32,33)34)13-19(24(18)41)26(42)38-12-16-4-5-17(10-20(16)30)46-29(35,36)37/h4-5,10-11,13,15H,3,6-9,12,14H2,1-2H3,(H,38,42). The van der Waals surface area contributed by atoms with Gasteiger partial charge in [-0.2, -0.15) is 13.2 Å². The highest BCUT2D eigenvalue weighted by Crippen LogP contribution is 2.40. The average molecular weight is 682 g/mol. The Balaban J connectivity index is 1.71. The monoisotopic (exact) mass is 681 g/mol. The van der Waals surface area contributed by atoms with Crippen molar-refractivity contribution in [3.63, 3.8) is 0 Å². The van der Waals surface area contributed by atoms with E-state index in [2.05, 4.69) is 10.1 Å². The van der Waals surface area contributed by atoms with E-state index < -0.39 is 76.9 Å². The number of halogens is 8. The molecule has 0 aliphatic carbocycles. The maximum Gasteiger partial charge on any atom is 0.573 e. The molecule has 1 aliphatic rings. The van der Waals surface area contributed by atoms with Crippen LogP contribution in [-0.4, -0.2) is 55.8 Å². The van der Waals surface area contributed by atoms with Gasteiger partial charge in [-0.1, -0.05) is 17.7 Å². The molecule has 2 heterocycles. The summed E-state index contributed by atoms with van der Waals surface area (Å²) in [6.45, 7) is 0.00908. The molecule has 9 nitrogen and oxygen atoms in total. The number of nitrogens with one attached hydrogen (secondary N) is 1. The fourth-order valence-corrected chi connectivity index (χ4v) is 5.43. The number of esters is 1. The van der Waals surface area contributed by atoms with Crippen LogP contribution in [0.2, 0.25) is 5.02 Å². The number of rotatable bonds is 9. The zero-order valence-electron chi connectivity index (χ0n) is 24.3. The van der Waals surface area contributed by atoms with Crippen LogP contribution in [0, 0.1) is 11.7 Å². The number of fused-ring (bicyclic) bond motifs is 1. The minimum atomic E-state index is -4.98. The number of carbonyl (C=O) groups is 2. The fourth-order valence-electron chi connectivity index (χ4n) is 5.19. The second-order valence-electron chi connectivity index (χ2n) is 10.2. The summed E-state index contributed by atoms with van der Waals surface area (Å²) in [6, 6.07) is 3.62. The number of carbonyl (C=O) groups excluding carboxylic acids is 2. The van der Waals surface area contributed by atoms with E-state index in [9.17, 15) is 40.7 Å². The number of ether oxygens (including phenoxy) is 3. The van der Waals surface area contributed by atoms with E-state index in [1.165, 1.54) is 4.90 Å². The number of anilines is 1. The Hall–Kier alpha value is -4.21. The molecule has 2 aromatic carbocycles. The molecule has 0 bridgehead atoms. The summed E-state index contributed by atoms with van der Waals surface area (Å²) < 4.78 is 109. The zero-order chi connectivity index (χ0) is 34.0. The van der Waals surface area contributed by atoms with E-state index >= 15 is 4.39 Å². The van der Waals surface area contributed by atoms with Crippen LogP contribution in [0.5, 0.6) is 11.5 Å². The minimum absolute atomic E-state index is 0.102. The topological polar surface area (TPSA) is 99.1 Å². The number of hydrogen-bond donors (Lipinski definition) is 1. The Morgan fingerprint density at radius 3 is 2.33 bits per heavy atom. The number of methoxy groups -OCH3 is 1. The first kappa shape index (κ1) is 34.7. The van der Waals surface area contributed by atoms with Crippen molar-refractivity contribution in [1.29, 1.82) is 0 Å². The molecule has 0 radical (unpaired) electrons. The molecule has 250 valence electrons. The highest BCUT2D eigenvalue weighted by molar-refractivity contribution is 6.31. The molecule has 1 fully saturated rings. The maximum absolute atomic E-state index is 15.7. The normalized spacial score (nSPS) is 14.3. The van der Waals surface area contributed by atoms with Gasteiger partial charge in [0.2, 0.25) is 5.43 Å². The largest absolute Gasteiger partial charge is 0.573 e. The van der Waals surface area contributed by atoms with Gasteiger partial charge in [-0.05, 0) is 43.5 Å². The van der Waals surface area contributed by atoms with Gasteiger partial charge in [-0.15, -0.1) is 13.2 Å². The lowest BCUT2D eigenvalue weighted by Gasteiger charge is -2.34. The SMILES string of the molecule is CCOC(=O)C1CCN(c2c(F)cc3c(=O)c(C(=O)NCc4ccc(OC(F)(F)F)cc4Cl)cn(CC(F)(F)F)c3c2OC)CC1. The van der Waals surface area contributed by atoms with E-state index in [1.54, 1.807) is 6.92 Å². The van der Waals surface area contributed by atoms with Crippen LogP contribution in [0.1, 0.15) is 35.7 Å². The van der Waals surface area contributed by atoms with Crippen molar-refractivity contribution >= 4 is 40.1 Å². The first-order chi connectivity index (χ1) is 21.5.